The van der Waals surface area contributed by atoms with E-state index in [1.807, 2.05) is 37.3 Å². The van der Waals surface area contributed by atoms with Gasteiger partial charge in [0.15, 0.2) is 0 Å². The molecule has 0 bridgehead atoms. The SMILES string of the molecule is CCc1nnc(NC(=O)C2COCC(=O)N2Cc2ccccc2)s1. The zero-order valence-corrected chi connectivity index (χ0v) is 14.1. The van der Waals surface area contributed by atoms with E-state index in [1.54, 1.807) is 4.90 Å². The van der Waals surface area contributed by atoms with Crippen LogP contribution < -0.4 is 5.32 Å². The van der Waals surface area contributed by atoms with Crippen molar-refractivity contribution >= 4 is 28.3 Å². The molecule has 1 N–H and O–H groups in total. The number of aromatic nitrogens is 2. The predicted molar refractivity (Wildman–Crippen MR) is 89.5 cm³/mol. The highest BCUT2D eigenvalue weighted by molar-refractivity contribution is 7.15. The molecule has 24 heavy (non-hydrogen) atoms. The third kappa shape index (κ3) is 3.77. The number of morpholine rings is 1. The van der Waals surface area contributed by atoms with Crippen LogP contribution in [0.4, 0.5) is 5.13 Å². The van der Waals surface area contributed by atoms with E-state index in [1.165, 1.54) is 11.3 Å². The van der Waals surface area contributed by atoms with Crippen molar-refractivity contribution < 1.29 is 14.3 Å². The number of hydrogen-bond acceptors (Lipinski definition) is 6. The van der Waals surface area contributed by atoms with E-state index in [-0.39, 0.29) is 25.0 Å². The number of hydrogen-bond donors (Lipinski definition) is 1. The van der Waals surface area contributed by atoms with Crippen LogP contribution in [0.1, 0.15) is 17.5 Å². The van der Waals surface area contributed by atoms with Crippen LogP contribution in [-0.2, 0) is 27.3 Å². The molecule has 8 heteroatoms. The van der Waals surface area contributed by atoms with Crippen molar-refractivity contribution in [2.45, 2.75) is 25.9 Å². The number of nitrogens with one attached hydrogen (secondary N) is 1. The second-order valence-corrected chi connectivity index (χ2v) is 6.44. The second-order valence-electron chi connectivity index (χ2n) is 5.38. The van der Waals surface area contributed by atoms with Gasteiger partial charge in [0, 0.05) is 6.54 Å². The monoisotopic (exact) mass is 346 g/mol. The largest absolute Gasteiger partial charge is 0.369 e. The fourth-order valence-electron chi connectivity index (χ4n) is 2.44. The first kappa shape index (κ1) is 16.5. The van der Waals surface area contributed by atoms with Crippen LogP contribution in [0, 0.1) is 0 Å². The Kier molecular flexibility index (Phi) is 5.17. The summed E-state index contributed by atoms with van der Waals surface area (Å²) < 4.78 is 5.26. The van der Waals surface area contributed by atoms with Crippen LogP contribution in [0.25, 0.3) is 0 Å². The minimum Gasteiger partial charge on any atom is -0.369 e. The lowest BCUT2D eigenvalue weighted by molar-refractivity contribution is -0.154. The average molecular weight is 346 g/mol. The second kappa shape index (κ2) is 7.50. The fourth-order valence-corrected chi connectivity index (χ4v) is 3.12. The average Bonchev–Trinajstić information content (AvgIpc) is 3.05. The van der Waals surface area contributed by atoms with E-state index in [9.17, 15) is 9.59 Å². The Morgan fingerprint density at radius 1 is 1.38 bits per heavy atom. The molecule has 1 unspecified atom stereocenters. The summed E-state index contributed by atoms with van der Waals surface area (Å²) in [4.78, 5) is 26.3. The van der Waals surface area contributed by atoms with Crippen molar-refractivity contribution in [3.05, 3.63) is 40.9 Å². The van der Waals surface area contributed by atoms with E-state index >= 15 is 0 Å². The Morgan fingerprint density at radius 2 is 2.17 bits per heavy atom. The standard InChI is InChI=1S/C16H18N4O3S/c1-2-13-18-19-16(24-13)17-15(22)12-9-23-10-14(21)20(12)8-11-6-4-3-5-7-11/h3-7,12H,2,8-10H2,1H3,(H,17,19,22). The molecule has 2 aromatic rings. The number of rotatable bonds is 5. The zero-order chi connectivity index (χ0) is 16.9. The number of amides is 2. The molecule has 126 valence electrons. The van der Waals surface area contributed by atoms with Crippen molar-refractivity contribution in [1.29, 1.82) is 0 Å². The number of ether oxygens (including phenoxy) is 1. The molecular weight excluding hydrogens is 328 g/mol. The van der Waals surface area contributed by atoms with Gasteiger partial charge in [-0.1, -0.05) is 48.6 Å². The number of aryl methyl sites for hydroxylation is 1. The van der Waals surface area contributed by atoms with Gasteiger partial charge >= 0.3 is 0 Å². The molecule has 1 aliphatic heterocycles. The van der Waals surface area contributed by atoms with Gasteiger partial charge in [-0.25, -0.2) is 0 Å². The Bertz CT molecular complexity index is 719. The van der Waals surface area contributed by atoms with Crippen molar-refractivity contribution in [2.24, 2.45) is 0 Å². The highest BCUT2D eigenvalue weighted by Gasteiger charge is 2.34. The number of anilines is 1. The number of benzene rings is 1. The van der Waals surface area contributed by atoms with E-state index in [2.05, 4.69) is 15.5 Å². The number of nitrogens with zero attached hydrogens (tertiary/aromatic N) is 3. The smallest absolute Gasteiger partial charge is 0.251 e. The van der Waals surface area contributed by atoms with E-state index in [4.69, 9.17) is 4.74 Å². The van der Waals surface area contributed by atoms with Gasteiger partial charge in [-0.3, -0.25) is 14.9 Å². The summed E-state index contributed by atoms with van der Waals surface area (Å²) in [5, 5.41) is 11.9. The molecule has 0 aliphatic carbocycles. The first-order chi connectivity index (χ1) is 11.7. The molecule has 2 heterocycles. The quantitative estimate of drug-likeness (QED) is 0.886. The lowest BCUT2D eigenvalue weighted by Gasteiger charge is -2.34. The van der Waals surface area contributed by atoms with Crippen LogP contribution in [0.2, 0.25) is 0 Å². The van der Waals surface area contributed by atoms with Crippen molar-refractivity contribution in [1.82, 2.24) is 15.1 Å². The molecular formula is C16H18N4O3S. The lowest BCUT2D eigenvalue weighted by atomic mass is 10.1. The van der Waals surface area contributed by atoms with Crippen LogP contribution in [0.5, 0.6) is 0 Å². The predicted octanol–water partition coefficient (Wildman–Crippen LogP) is 1.47. The maximum absolute atomic E-state index is 12.6. The lowest BCUT2D eigenvalue weighted by Crippen LogP contribution is -2.54. The minimum atomic E-state index is -0.680. The van der Waals surface area contributed by atoms with Gasteiger partial charge in [0.2, 0.25) is 11.0 Å². The molecule has 0 spiro atoms. The molecule has 2 amide bonds. The van der Waals surface area contributed by atoms with Gasteiger partial charge in [-0.05, 0) is 12.0 Å². The highest BCUT2D eigenvalue weighted by Crippen LogP contribution is 2.18. The summed E-state index contributed by atoms with van der Waals surface area (Å²) >= 11 is 1.33. The summed E-state index contributed by atoms with van der Waals surface area (Å²) in [7, 11) is 0. The Balaban J connectivity index is 1.72. The summed E-state index contributed by atoms with van der Waals surface area (Å²) in [6.45, 7) is 2.51. The molecule has 1 saturated heterocycles. The van der Waals surface area contributed by atoms with E-state index < -0.39 is 6.04 Å². The molecule has 1 aliphatic rings. The van der Waals surface area contributed by atoms with Crippen molar-refractivity contribution in [3.8, 4) is 0 Å². The first-order valence-corrected chi connectivity index (χ1v) is 8.53. The third-order valence-corrected chi connectivity index (χ3v) is 4.68. The normalized spacial score (nSPS) is 17.8. The molecule has 1 aromatic heterocycles. The van der Waals surface area contributed by atoms with Gasteiger partial charge in [-0.15, -0.1) is 10.2 Å². The van der Waals surface area contributed by atoms with Crippen LogP contribution in [0.15, 0.2) is 30.3 Å². The molecule has 1 aromatic carbocycles. The van der Waals surface area contributed by atoms with Gasteiger partial charge in [0.05, 0.1) is 6.61 Å². The summed E-state index contributed by atoms with van der Waals surface area (Å²) in [5.41, 5.74) is 0.967. The fraction of sp³-hybridized carbons (Fsp3) is 0.375. The summed E-state index contributed by atoms with van der Waals surface area (Å²) in [5.74, 6) is -0.505. The van der Waals surface area contributed by atoms with Gasteiger partial charge in [-0.2, -0.15) is 0 Å². The number of carbonyl (C=O) groups is 2. The van der Waals surface area contributed by atoms with Gasteiger partial charge in [0.25, 0.3) is 5.91 Å². The first-order valence-electron chi connectivity index (χ1n) is 7.71. The van der Waals surface area contributed by atoms with Crippen LogP contribution >= 0.6 is 11.3 Å². The summed E-state index contributed by atoms with van der Waals surface area (Å²) in [6, 6.07) is 8.90. The maximum Gasteiger partial charge on any atom is 0.251 e. The topological polar surface area (TPSA) is 84.4 Å². The Morgan fingerprint density at radius 3 is 2.88 bits per heavy atom. The Labute approximate surface area is 143 Å². The summed E-state index contributed by atoms with van der Waals surface area (Å²) in [6.07, 6.45) is 0.763. The van der Waals surface area contributed by atoms with Crippen LogP contribution in [-0.4, -0.2) is 46.2 Å². The van der Waals surface area contributed by atoms with Gasteiger partial charge in [0.1, 0.15) is 17.7 Å². The maximum atomic E-state index is 12.6. The van der Waals surface area contributed by atoms with Crippen molar-refractivity contribution in [2.75, 3.05) is 18.5 Å². The molecule has 1 atom stereocenters. The highest BCUT2D eigenvalue weighted by atomic mass is 32.1. The van der Waals surface area contributed by atoms with Crippen LogP contribution in [0.3, 0.4) is 0 Å². The minimum absolute atomic E-state index is 0.00456. The third-order valence-electron chi connectivity index (χ3n) is 3.70. The zero-order valence-electron chi connectivity index (χ0n) is 13.3. The molecule has 1 fully saturated rings. The van der Waals surface area contributed by atoms with E-state index in [0.717, 1.165) is 17.0 Å². The molecule has 7 nitrogen and oxygen atoms in total. The van der Waals surface area contributed by atoms with E-state index in [0.29, 0.717) is 11.7 Å². The molecule has 3 rings (SSSR count). The molecule has 0 radical (unpaired) electrons. The molecule has 0 saturated carbocycles. The number of carbonyl (C=O) groups excluding carboxylic acids is 2. The Hall–Kier alpha value is -2.32. The van der Waals surface area contributed by atoms with Gasteiger partial charge < -0.3 is 9.64 Å². The van der Waals surface area contributed by atoms with Crippen molar-refractivity contribution in [3.63, 3.8) is 0 Å².